The molecule has 0 radical (unpaired) electrons. The van der Waals surface area contributed by atoms with Crippen LogP contribution in [0, 0.1) is 5.82 Å². The van der Waals surface area contributed by atoms with Crippen molar-refractivity contribution in [3.8, 4) is 16.9 Å². The number of nitrogens with zero attached hydrogens (tertiary/aromatic N) is 2. The molecule has 0 unspecified atom stereocenters. The minimum absolute atomic E-state index is 0.196. The van der Waals surface area contributed by atoms with Gasteiger partial charge in [0.05, 0.1) is 17.6 Å². The number of hydrogen-bond acceptors (Lipinski definition) is 4. The largest absolute Gasteiger partial charge is 0.348 e. The quantitative estimate of drug-likeness (QED) is 0.433. The number of para-hydroxylation sites is 1. The third kappa shape index (κ3) is 5.64. The second-order valence-electron chi connectivity index (χ2n) is 7.42. The summed E-state index contributed by atoms with van der Waals surface area (Å²) in [5, 5.41) is 7.52. The second-order valence-corrected chi connectivity index (χ2v) is 9.17. The average molecular weight is 465 g/mol. The van der Waals surface area contributed by atoms with Crippen LogP contribution in [0.25, 0.3) is 16.9 Å². The van der Waals surface area contributed by atoms with E-state index in [0.29, 0.717) is 16.9 Å². The fourth-order valence-corrected chi connectivity index (χ4v) is 3.85. The van der Waals surface area contributed by atoms with Crippen molar-refractivity contribution in [3.05, 3.63) is 102 Å². The van der Waals surface area contributed by atoms with Gasteiger partial charge >= 0.3 is 0 Å². The molecule has 168 valence electrons. The number of carbonyl (C=O) groups is 1. The van der Waals surface area contributed by atoms with Crippen LogP contribution in [0.15, 0.2) is 85.1 Å². The normalized spacial score (nSPS) is 11.2. The molecule has 0 aliphatic carbocycles. The second kappa shape index (κ2) is 9.25. The van der Waals surface area contributed by atoms with E-state index in [4.69, 9.17) is 0 Å². The fraction of sp³-hybridized carbons (Fsp3) is 0.0833. The minimum Gasteiger partial charge on any atom is -0.348 e. The summed E-state index contributed by atoms with van der Waals surface area (Å²) < 4.78 is 40.1. The van der Waals surface area contributed by atoms with Crippen molar-refractivity contribution in [1.82, 2.24) is 15.1 Å². The Morgan fingerprint density at radius 3 is 2.27 bits per heavy atom. The number of nitrogens with one attached hydrogen (secondary N) is 2. The molecular formula is C24H21FN4O3S. The summed E-state index contributed by atoms with van der Waals surface area (Å²) in [6.45, 7) is 0.196. The van der Waals surface area contributed by atoms with Gasteiger partial charge in [0.2, 0.25) is 10.0 Å². The number of rotatable bonds is 7. The van der Waals surface area contributed by atoms with Crippen molar-refractivity contribution >= 4 is 21.6 Å². The topological polar surface area (TPSA) is 93.1 Å². The molecule has 3 aromatic carbocycles. The Labute approximate surface area is 190 Å². The third-order valence-electron chi connectivity index (χ3n) is 4.82. The molecule has 9 heteroatoms. The SMILES string of the molecule is CS(=O)(=O)Nc1ccc(C(=O)NCc2cn(-c3ccccc3)nc2-c2ccc(F)cc2)cc1. The van der Waals surface area contributed by atoms with E-state index < -0.39 is 10.0 Å². The van der Waals surface area contributed by atoms with E-state index in [2.05, 4.69) is 15.1 Å². The van der Waals surface area contributed by atoms with Crippen molar-refractivity contribution in [2.75, 3.05) is 11.0 Å². The summed E-state index contributed by atoms with van der Waals surface area (Å²) >= 11 is 0. The number of carbonyl (C=O) groups excluding carboxylic acids is 1. The summed E-state index contributed by atoms with van der Waals surface area (Å²) in [5.74, 6) is -0.664. The zero-order valence-corrected chi connectivity index (χ0v) is 18.5. The van der Waals surface area contributed by atoms with Gasteiger partial charge in [0, 0.05) is 35.1 Å². The predicted molar refractivity (Wildman–Crippen MR) is 125 cm³/mol. The van der Waals surface area contributed by atoms with Gasteiger partial charge in [-0.15, -0.1) is 0 Å². The Kier molecular flexibility index (Phi) is 6.23. The van der Waals surface area contributed by atoms with E-state index in [1.807, 2.05) is 36.5 Å². The van der Waals surface area contributed by atoms with Gasteiger partial charge in [0.1, 0.15) is 5.82 Å². The van der Waals surface area contributed by atoms with Crippen LogP contribution < -0.4 is 10.0 Å². The molecule has 7 nitrogen and oxygen atoms in total. The molecule has 0 saturated heterocycles. The number of aromatic nitrogens is 2. The lowest BCUT2D eigenvalue weighted by atomic mass is 10.1. The van der Waals surface area contributed by atoms with Gasteiger partial charge in [-0.05, 0) is 60.7 Å². The number of amides is 1. The van der Waals surface area contributed by atoms with Crippen LogP contribution in [0.3, 0.4) is 0 Å². The zero-order chi connectivity index (χ0) is 23.4. The number of benzene rings is 3. The standard InChI is InChI=1S/C24H21FN4O3S/c1-33(31,32)28-21-13-9-18(10-14-21)24(30)26-15-19-16-29(22-5-3-2-4-6-22)27-23(19)17-7-11-20(25)12-8-17/h2-14,16,28H,15H2,1H3,(H,26,30). The highest BCUT2D eigenvalue weighted by Crippen LogP contribution is 2.24. The molecule has 4 rings (SSSR count). The van der Waals surface area contributed by atoms with Crippen LogP contribution in [0.5, 0.6) is 0 Å². The molecule has 0 saturated carbocycles. The maximum absolute atomic E-state index is 13.4. The molecule has 0 bridgehead atoms. The van der Waals surface area contributed by atoms with Gasteiger partial charge in [-0.3, -0.25) is 9.52 Å². The molecule has 4 aromatic rings. The first kappa shape index (κ1) is 22.2. The van der Waals surface area contributed by atoms with Crippen LogP contribution in [-0.2, 0) is 16.6 Å². The Bertz CT molecular complexity index is 1370. The summed E-state index contributed by atoms with van der Waals surface area (Å²) in [6, 6.07) is 21.7. The molecule has 1 amide bonds. The Morgan fingerprint density at radius 1 is 0.970 bits per heavy atom. The highest BCUT2D eigenvalue weighted by atomic mass is 32.2. The van der Waals surface area contributed by atoms with Crippen molar-refractivity contribution in [2.45, 2.75) is 6.54 Å². The zero-order valence-electron chi connectivity index (χ0n) is 17.7. The summed E-state index contributed by atoms with van der Waals surface area (Å²) in [7, 11) is -3.39. The molecule has 0 aliphatic rings. The molecule has 1 aromatic heterocycles. The molecule has 0 aliphatic heterocycles. The van der Waals surface area contributed by atoms with Gasteiger partial charge < -0.3 is 5.32 Å². The first-order valence-electron chi connectivity index (χ1n) is 10.0. The molecule has 2 N–H and O–H groups in total. The van der Waals surface area contributed by atoms with Crippen LogP contribution in [0.1, 0.15) is 15.9 Å². The maximum Gasteiger partial charge on any atom is 0.251 e. The van der Waals surface area contributed by atoms with Crippen molar-refractivity contribution in [2.24, 2.45) is 0 Å². The molecular weight excluding hydrogens is 443 g/mol. The molecule has 1 heterocycles. The van der Waals surface area contributed by atoms with Gasteiger partial charge in [0.25, 0.3) is 5.91 Å². The Hall–Kier alpha value is -3.98. The predicted octanol–water partition coefficient (Wildman–Crippen LogP) is 3.98. The minimum atomic E-state index is -3.39. The summed E-state index contributed by atoms with van der Waals surface area (Å²) in [6.07, 6.45) is 2.88. The molecule has 0 spiro atoms. The number of hydrogen-bond donors (Lipinski definition) is 2. The number of halogens is 1. The van der Waals surface area contributed by atoms with E-state index in [1.54, 1.807) is 16.8 Å². The Morgan fingerprint density at radius 2 is 1.64 bits per heavy atom. The first-order chi connectivity index (χ1) is 15.8. The maximum atomic E-state index is 13.4. The van der Waals surface area contributed by atoms with Crippen LogP contribution >= 0.6 is 0 Å². The third-order valence-corrected chi connectivity index (χ3v) is 5.42. The van der Waals surface area contributed by atoms with Crippen molar-refractivity contribution in [1.29, 1.82) is 0 Å². The summed E-state index contributed by atoms with van der Waals surface area (Å²) in [5.41, 5.74) is 3.73. The Balaban J connectivity index is 1.56. The first-order valence-corrected chi connectivity index (χ1v) is 11.9. The lowest BCUT2D eigenvalue weighted by Crippen LogP contribution is -2.23. The van der Waals surface area contributed by atoms with E-state index in [0.717, 1.165) is 23.1 Å². The lowest BCUT2D eigenvalue weighted by Gasteiger charge is -2.07. The number of anilines is 1. The van der Waals surface area contributed by atoms with Crippen molar-refractivity contribution < 1.29 is 17.6 Å². The monoisotopic (exact) mass is 464 g/mol. The van der Waals surface area contributed by atoms with Crippen LogP contribution in [0.2, 0.25) is 0 Å². The fourth-order valence-electron chi connectivity index (χ4n) is 3.28. The van der Waals surface area contributed by atoms with Crippen LogP contribution in [-0.4, -0.2) is 30.4 Å². The van der Waals surface area contributed by atoms with Gasteiger partial charge in [-0.25, -0.2) is 17.5 Å². The van der Waals surface area contributed by atoms with Crippen molar-refractivity contribution in [3.63, 3.8) is 0 Å². The van der Waals surface area contributed by atoms with E-state index in [1.165, 1.54) is 36.4 Å². The average Bonchev–Trinajstić information content (AvgIpc) is 3.22. The van der Waals surface area contributed by atoms with E-state index >= 15 is 0 Å². The van der Waals surface area contributed by atoms with E-state index in [-0.39, 0.29) is 18.3 Å². The highest BCUT2D eigenvalue weighted by molar-refractivity contribution is 7.92. The molecule has 0 atom stereocenters. The smallest absolute Gasteiger partial charge is 0.251 e. The van der Waals surface area contributed by atoms with Gasteiger partial charge in [-0.2, -0.15) is 5.10 Å². The lowest BCUT2D eigenvalue weighted by molar-refractivity contribution is 0.0951. The van der Waals surface area contributed by atoms with Gasteiger partial charge in [-0.1, -0.05) is 18.2 Å². The molecule has 0 fully saturated rings. The van der Waals surface area contributed by atoms with Crippen LogP contribution in [0.4, 0.5) is 10.1 Å². The number of sulfonamides is 1. The van der Waals surface area contributed by atoms with Gasteiger partial charge in [0.15, 0.2) is 0 Å². The molecule has 33 heavy (non-hydrogen) atoms. The summed E-state index contributed by atoms with van der Waals surface area (Å²) in [4.78, 5) is 12.7. The van der Waals surface area contributed by atoms with E-state index in [9.17, 15) is 17.6 Å². The highest BCUT2D eigenvalue weighted by Gasteiger charge is 2.14.